The van der Waals surface area contributed by atoms with Crippen LogP contribution in [-0.2, 0) is 10.0 Å². The molecule has 0 unspecified atom stereocenters. The normalized spacial score (nSPS) is 21.7. The second kappa shape index (κ2) is 6.79. The Morgan fingerprint density at radius 2 is 1.74 bits per heavy atom. The molecule has 1 aliphatic heterocycles. The molecule has 5 nitrogen and oxygen atoms in total. The fourth-order valence-electron chi connectivity index (χ4n) is 3.76. The number of rotatable bonds is 4. The van der Waals surface area contributed by atoms with E-state index in [2.05, 4.69) is 4.90 Å². The topological polar surface area (TPSA) is 49.9 Å². The van der Waals surface area contributed by atoms with Crippen molar-refractivity contribution >= 4 is 10.0 Å². The molecular formula is C17H26N2O3S. The molecule has 1 heterocycles. The van der Waals surface area contributed by atoms with E-state index in [4.69, 9.17) is 4.74 Å². The Labute approximate surface area is 139 Å². The van der Waals surface area contributed by atoms with Crippen molar-refractivity contribution in [1.82, 2.24) is 9.21 Å². The summed E-state index contributed by atoms with van der Waals surface area (Å²) in [6.45, 7) is 4.69. The standard InChI is InChI=1S/C17H26N2O3S/c1-14-13-16(22-2)7-8-17(14)23(20,21)19-11-9-18(10-12-19)15-5-3-4-6-15/h7-8,13,15H,3-6,9-12H2,1-2H3. The zero-order chi connectivity index (χ0) is 16.4. The van der Waals surface area contributed by atoms with Crippen molar-refractivity contribution < 1.29 is 13.2 Å². The number of nitrogens with zero attached hydrogens (tertiary/aromatic N) is 2. The highest BCUT2D eigenvalue weighted by atomic mass is 32.2. The summed E-state index contributed by atoms with van der Waals surface area (Å²) in [4.78, 5) is 2.87. The molecule has 0 amide bonds. The maximum Gasteiger partial charge on any atom is 0.243 e. The third-order valence-electron chi connectivity index (χ3n) is 5.11. The molecule has 128 valence electrons. The quantitative estimate of drug-likeness (QED) is 0.845. The molecule has 3 rings (SSSR count). The average molecular weight is 338 g/mol. The van der Waals surface area contributed by atoms with Gasteiger partial charge in [-0.25, -0.2) is 8.42 Å². The van der Waals surface area contributed by atoms with Crippen LogP contribution >= 0.6 is 0 Å². The van der Waals surface area contributed by atoms with Crippen LogP contribution in [0.2, 0.25) is 0 Å². The number of hydrogen-bond donors (Lipinski definition) is 0. The fourth-order valence-corrected chi connectivity index (χ4v) is 5.38. The van der Waals surface area contributed by atoms with Gasteiger partial charge in [0.25, 0.3) is 0 Å². The van der Waals surface area contributed by atoms with Crippen molar-refractivity contribution in [2.24, 2.45) is 0 Å². The predicted molar refractivity (Wildman–Crippen MR) is 90.3 cm³/mol. The van der Waals surface area contributed by atoms with Crippen molar-refractivity contribution in [2.75, 3.05) is 33.3 Å². The molecule has 1 saturated heterocycles. The second-order valence-corrected chi connectivity index (χ2v) is 8.42. The van der Waals surface area contributed by atoms with E-state index >= 15 is 0 Å². The Morgan fingerprint density at radius 1 is 1.09 bits per heavy atom. The highest BCUT2D eigenvalue weighted by molar-refractivity contribution is 7.89. The first kappa shape index (κ1) is 16.7. The van der Waals surface area contributed by atoms with Crippen LogP contribution in [0.15, 0.2) is 23.1 Å². The first-order valence-corrected chi connectivity index (χ1v) is 9.85. The minimum absolute atomic E-state index is 0.396. The van der Waals surface area contributed by atoms with Crippen LogP contribution in [-0.4, -0.2) is 57.0 Å². The lowest BCUT2D eigenvalue weighted by molar-refractivity contribution is 0.139. The molecule has 2 aliphatic rings. The summed E-state index contributed by atoms with van der Waals surface area (Å²) in [5, 5.41) is 0. The van der Waals surface area contributed by atoms with Gasteiger partial charge in [0.1, 0.15) is 5.75 Å². The summed E-state index contributed by atoms with van der Waals surface area (Å²) in [6, 6.07) is 5.82. The number of hydrogen-bond acceptors (Lipinski definition) is 4. The summed E-state index contributed by atoms with van der Waals surface area (Å²) in [5.41, 5.74) is 0.738. The van der Waals surface area contributed by atoms with Crippen LogP contribution < -0.4 is 4.74 Å². The second-order valence-electron chi connectivity index (χ2n) is 6.51. The van der Waals surface area contributed by atoms with E-state index in [9.17, 15) is 8.42 Å². The molecule has 0 atom stereocenters. The zero-order valence-corrected chi connectivity index (χ0v) is 14.8. The lowest BCUT2D eigenvalue weighted by atomic mass is 10.2. The molecule has 0 radical (unpaired) electrons. The van der Waals surface area contributed by atoms with Crippen LogP contribution in [0.3, 0.4) is 0 Å². The van der Waals surface area contributed by atoms with E-state index in [0.717, 1.165) is 18.7 Å². The van der Waals surface area contributed by atoms with Crippen LogP contribution in [0.1, 0.15) is 31.2 Å². The molecule has 1 aliphatic carbocycles. The summed E-state index contributed by atoms with van der Waals surface area (Å²) in [6.07, 6.45) is 5.16. The summed E-state index contributed by atoms with van der Waals surface area (Å²) in [5.74, 6) is 0.688. The Bertz CT molecular complexity index is 646. The maximum absolute atomic E-state index is 12.9. The Kier molecular flexibility index (Phi) is 4.94. The smallest absolute Gasteiger partial charge is 0.243 e. The van der Waals surface area contributed by atoms with E-state index in [1.54, 1.807) is 29.6 Å². The lowest BCUT2D eigenvalue weighted by Crippen LogP contribution is -2.51. The predicted octanol–water partition coefficient (Wildman–Crippen LogP) is 2.25. The van der Waals surface area contributed by atoms with E-state index in [-0.39, 0.29) is 0 Å². The fraction of sp³-hybridized carbons (Fsp3) is 0.647. The van der Waals surface area contributed by atoms with Gasteiger partial charge >= 0.3 is 0 Å². The molecule has 1 aromatic rings. The van der Waals surface area contributed by atoms with Gasteiger partial charge in [0.2, 0.25) is 10.0 Å². The number of ether oxygens (including phenoxy) is 1. The zero-order valence-electron chi connectivity index (χ0n) is 14.0. The molecule has 0 spiro atoms. The van der Waals surface area contributed by atoms with Crippen LogP contribution in [0.4, 0.5) is 0 Å². The molecular weight excluding hydrogens is 312 g/mol. The number of methoxy groups -OCH3 is 1. The van der Waals surface area contributed by atoms with Gasteiger partial charge in [-0.1, -0.05) is 12.8 Å². The van der Waals surface area contributed by atoms with Crippen LogP contribution in [0.25, 0.3) is 0 Å². The SMILES string of the molecule is COc1ccc(S(=O)(=O)N2CCN(C3CCCC3)CC2)c(C)c1. The Hall–Kier alpha value is -1.11. The van der Waals surface area contributed by atoms with Crippen molar-refractivity contribution in [3.8, 4) is 5.75 Å². The lowest BCUT2D eigenvalue weighted by Gasteiger charge is -2.37. The van der Waals surface area contributed by atoms with Gasteiger partial charge < -0.3 is 4.74 Å². The number of benzene rings is 1. The van der Waals surface area contributed by atoms with E-state index < -0.39 is 10.0 Å². The highest BCUT2D eigenvalue weighted by Crippen LogP contribution is 2.27. The number of aryl methyl sites for hydroxylation is 1. The van der Waals surface area contributed by atoms with E-state index in [0.29, 0.717) is 29.8 Å². The minimum Gasteiger partial charge on any atom is -0.497 e. The third-order valence-corrected chi connectivity index (χ3v) is 7.17. The highest BCUT2D eigenvalue weighted by Gasteiger charge is 2.32. The molecule has 0 aromatic heterocycles. The van der Waals surface area contributed by atoms with Gasteiger partial charge in [0.05, 0.1) is 12.0 Å². The third kappa shape index (κ3) is 3.39. The molecule has 23 heavy (non-hydrogen) atoms. The van der Waals surface area contributed by atoms with Gasteiger partial charge in [0, 0.05) is 32.2 Å². The monoisotopic (exact) mass is 338 g/mol. The van der Waals surface area contributed by atoms with Crippen molar-refractivity contribution in [3.05, 3.63) is 23.8 Å². The van der Waals surface area contributed by atoms with Gasteiger partial charge in [-0.05, 0) is 43.5 Å². The first-order valence-electron chi connectivity index (χ1n) is 8.41. The van der Waals surface area contributed by atoms with Crippen LogP contribution in [0, 0.1) is 6.92 Å². The first-order chi connectivity index (χ1) is 11.0. The molecule has 6 heteroatoms. The van der Waals surface area contributed by atoms with Crippen LogP contribution in [0.5, 0.6) is 5.75 Å². The van der Waals surface area contributed by atoms with Gasteiger partial charge in [-0.3, -0.25) is 4.90 Å². The molecule has 1 aromatic carbocycles. The number of piperazine rings is 1. The average Bonchev–Trinajstić information content (AvgIpc) is 3.09. The molecule has 0 bridgehead atoms. The van der Waals surface area contributed by atoms with E-state index in [1.807, 2.05) is 6.92 Å². The summed E-state index contributed by atoms with van der Waals surface area (Å²) >= 11 is 0. The van der Waals surface area contributed by atoms with E-state index in [1.165, 1.54) is 25.7 Å². The molecule has 1 saturated carbocycles. The van der Waals surface area contributed by atoms with Crippen molar-refractivity contribution in [2.45, 2.75) is 43.5 Å². The van der Waals surface area contributed by atoms with Crippen molar-refractivity contribution in [3.63, 3.8) is 0 Å². The Morgan fingerprint density at radius 3 is 2.30 bits per heavy atom. The largest absolute Gasteiger partial charge is 0.497 e. The summed E-state index contributed by atoms with van der Waals surface area (Å²) in [7, 11) is -1.83. The molecule has 2 fully saturated rings. The molecule has 0 N–H and O–H groups in total. The number of sulfonamides is 1. The summed E-state index contributed by atoms with van der Waals surface area (Å²) < 4.78 is 32.6. The minimum atomic E-state index is -3.41. The van der Waals surface area contributed by atoms with Gasteiger partial charge in [0.15, 0.2) is 0 Å². The maximum atomic E-state index is 12.9. The van der Waals surface area contributed by atoms with Gasteiger partial charge in [-0.2, -0.15) is 4.31 Å². The Balaban J connectivity index is 1.71. The van der Waals surface area contributed by atoms with Gasteiger partial charge in [-0.15, -0.1) is 0 Å². The van der Waals surface area contributed by atoms with Crippen molar-refractivity contribution in [1.29, 1.82) is 0 Å².